The van der Waals surface area contributed by atoms with Crippen LogP contribution in [-0.2, 0) is 4.74 Å². The molecule has 2 fully saturated rings. The number of morpholine rings is 1. The highest BCUT2D eigenvalue weighted by Gasteiger charge is 2.20. The molecular formula is C10H20N2O2. The van der Waals surface area contributed by atoms with Crippen molar-refractivity contribution >= 4 is 0 Å². The van der Waals surface area contributed by atoms with E-state index in [-0.39, 0.29) is 6.10 Å². The van der Waals surface area contributed by atoms with Crippen molar-refractivity contribution in [3.8, 4) is 0 Å². The standard InChI is InChI=1S/C10H20N2O2/c13-10-1-2-12(9-10)4-3-11-5-7-14-8-6-11/h10,13H,1-9H2/t10-/m1/s1. The minimum atomic E-state index is -0.0836. The van der Waals surface area contributed by atoms with Crippen LogP contribution in [0.2, 0.25) is 0 Å². The number of hydrogen-bond donors (Lipinski definition) is 1. The van der Waals surface area contributed by atoms with Gasteiger partial charge >= 0.3 is 0 Å². The minimum absolute atomic E-state index is 0.0836. The third kappa shape index (κ3) is 2.92. The summed E-state index contributed by atoms with van der Waals surface area (Å²) in [4.78, 5) is 4.79. The van der Waals surface area contributed by atoms with Gasteiger partial charge < -0.3 is 9.84 Å². The van der Waals surface area contributed by atoms with Gasteiger partial charge in [-0.05, 0) is 6.42 Å². The third-order valence-corrected chi connectivity index (χ3v) is 3.08. The largest absolute Gasteiger partial charge is 0.392 e. The molecule has 0 radical (unpaired) electrons. The van der Waals surface area contributed by atoms with Crippen LogP contribution in [0.3, 0.4) is 0 Å². The molecule has 2 aliphatic rings. The van der Waals surface area contributed by atoms with E-state index in [0.29, 0.717) is 0 Å². The zero-order chi connectivity index (χ0) is 9.80. The van der Waals surface area contributed by atoms with E-state index in [2.05, 4.69) is 9.80 Å². The molecule has 0 aliphatic carbocycles. The summed E-state index contributed by atoms with van der Waals surface area (Å²) < 4.78 is 5.29. The molecule has 2 rings (SSSR count). The van der Waals surface area contributed by atoms with Crippen LogP contribution in [0.5, 0.6) is 0 Å². The average Bonchev–Trinajstić information content (AvgIpc) is 2.63. The molecule has 0 amide bonds. The van der Waals surface area contributed by atoms with E-state index >= 15 is 0 Å². The van der Waals surface area contributed by atoms with E-state index in [4.69, 9.17) is 4.74 Å². The molecule has 0 spiro atoms. The smallest absolute Gasteiger partial charge is 0.0679 e. The minimum Gasteiger partial charge on any atom is -0.392 e. The van der Waals surface area contributed by atoms with Gasteiger partial charge in [-0.15, -0.1) is 0 Å². The van der Waals surface area contributed by atoms with E-state index in [0.717, 1.165) is 58.9 Å². The maximum absolute atomic E-state index is 9.36. The summed E-state index contributed by atoms with van der Waals surface area (Å²) >= 11 is 0. The first-order valence-electron chi connectivity index (χ1n) is 5.55. The number of hydrogen-bond acceptors (Lipinski definition) is 4. The summed E-state index contributed by atoms with van der Waals surface area (Å²) in [6.07, 6.45) is 0.864. The number of aliphatic hydroxyl groups is 1. The second-order valence-corrected chi connectivity index (χ2v) is 4.20. The molecule has 0 aromatic carbocycles. The van der Waals surface area contributed by atoms with Crippen LogP contribution in [0.15, 0.2) is 0 Å². The molecule has 0 aromatic heterocycles. The van der Waals surface area contributed by atoms with E-state index in [1.807, 2.05) is 0 Å². The van der Waals surface area contributed by atoms with E-state index in [1.165, 1.54) is 0 Å². The van der Waals surface area contributed by atoms with Gasteiger partial charge in [0.1, 0.15) is 0 Å². The van der Waals surface area contributed by atoms with Crippen LogP contribution in [-0.4, -0.2) is 73.5 Å². The molecule has 2 aliphatic heterocycles. The van der Waals surface area contributed by atoms with Gasteiger partial charge in [0.2, 0.25) is 0 Å². The molecular weight excluding hydrogens is 180 g/mol. The maximum Gasteiger partial charge on any atom is 0.0679 e. The lowest BCUT2D eigenvalue weighted by Crippen LogP contribution is -2.41. The van der Waals surface area contributed by atoms with Gasteiger partial charge in [-0.1, -0.05) is 0 Å². The fourth-order valence-corrected chi connectivity index (χ4v) is 2.12. The molecule has 0 saturated carbocycles. The van der Waals surface area contributed by atoms with E-state index in [9.17, 15) is 5.11 Å². The van der Waals surface area contributed by atoms with Gasteiger partial charge in [0.25, 0.3) is 0 Å². The van der Waals surface area contributed by atoms with Crippen molar-refractivity contribution in [2.24, 2.45) is 0 Å². The van der Waals surface area contributed by atoms with Gasteiger partial charge in [0, 0.05) is 39.3 Å². The molecule has 4 nitrogen and oxygen atoms in total. The van der Waals surface area contributed by atoms with Crippen molar-refractivity contribution in [2.45, 2.75) is 12.5 Å². The lowest BCUT2D eigenvalue weighted by molar-refractivity contribution is 0.0338. The predicted octanol–water partition coefficient (Wildman–Crippen LogP) is -0.615. The van der Waals surface area contributed by atoms with Crippen LogP contribution in [0.4, 0.5) is 0 Å². The number of rotatable bonds is 3. The van der Waals surface area contributed by atoms with Crippen molar-refractivity contribution < 1.29 is 9.84 Å². The fraction of sp³-hybridized carbons (Fsp3) is 1.00. The number of ether oxygens (including phenoxy) is 1. The first-order chi connectivity index (χ1) is 6.84. The lowest BCUT2D eigenvalue weighted by atomic mass is 10.3. The fourth-order valence-electron chi connectivity index (χ4n) is 2.12. The van der Waals surface area contributed by atoms with Crippen molar-refractivity contribution in [1.29, 1.82) is 0 Å². The van der Waals surface area contributed by atoms with Crippen LogP contribution < -0.4 is 0 Å². The van der Waals surface area contributed by atoms with Gasteiger partial charge in [-0.25, -0.2) is 0 Å². The molecule has 0 bridgehead atoms. The van der Waals surface area contributed by atoms with E-state index in [1.54, 1.807) is 0 Å². The van der Waals surface area contributed by atoms with Crippen LogP contribution in [0.25, 0.3) is 0 Å². The van der Waals surface area contributed by atoms with Gasteiger partial charge in [0.15, 0.2) is 0 Å². The summed E-state index contributed by atoms with van der Waals surface area (Å²) in [6.45, 7) is 8.03. The first-order valence-corrected chi connectivity index (χ1v) is 5.55. The second kappa shape index (κ2) is 5.07. The first kappa shape index (κ1) is 10.4. The van der Waals surface area contributed by atoms with Crippen molar-refractivity contribution in [1.82, 2.24) is 9.80 Å². The monoisotopic (exact) mass is 200 g/mol. The highest BCUT2D eigenvalue weighted by Crippen LogP contribution is 2.08. The quantitative estimate of drug-likeness (QED) is 0.659. The van der Waals surface area contributed by atoms with Crippen LogP contribution in [0, 0.1) is 0 Å². The van der Waals surface area contributed by atoms with Gasteiger partial charge in [0.05, 0.1) is 19.3 Å². The molecule has 82 valence electrons. The van der Waals surface area contributed by atoms with E-state index < -0.39 is 0 Å². The summed E-state index contributed by atoms with van der Waals surface area (Å²) in [6, 6.07) is 0. The Balaban J connectivity index is 1.61. The Morgan fingerprint density at radius 1 is 1.07 bits per heavy atom. The summed E-state index contributed by atoms with van der Waals surface area (Å²) in [5.41, 5.74) is 0. The Labute approximate surface area is 85.4 Å². The molecule has 4 heteroatoms. The highest BCUT2D eigenvalue weighted by atomic mass is 16.5. The normalized spacial score (nSPS) is 31.1. The Hall–Kier alpha value is -0.160. The van der Waals surface area contributed by atoms with Gasteiger partial charge in [-0.2, -0.15) is 0 Å². The number of likely N-dealkylation sites (tertiary alicyclic amines) is 1. The second-order valence-electron chi connectivity index (χ2n) is 4.20. The summed E-state index contributed by atoms with van der Waals surface area (Å²) in [7, 11) is 0. The summed E-state index contributed by atoms with van der Waals surface area (Å²) in [5, 5.41) is 9.36. The Bertz CT molecular complexity index is 167. The Morgan fingerprint density at radius 3 is 2.43 bits per heavy atom. The van der Waals surface area contributed by atoms with Crippen LogP contribution in [0.1, 0.15) is 6.42 Å². The SMILES string of the molecule is O[C@@H]1CCN(CCN2CCOCC2)C1. The number of β-amino-alcohol motifs (C(OH)–C–C–N with tert-alkyl or cyclic N) is 1. The third-order valence-electron chi connectivity index (χ3n) is 3.08. The van der Waals surface area contributed by atoms with Crippen LogP contribution >= 0.6 is 0 Å². The molecule has 0 unspecified atom stereocenters. The average molecular weight is 200 g/mol. The van der Waals surface area contributed by atoms with Crippen molar-refractivity contribution in [3.63, 3.8) is 0 Å². The molecule has 0 aromatic rings. The zero-order valence-electron chi connectivity index (χ0n) is 8.69. The molecule has 1 N–H and O–H groups in total. The topological polar surface area (TPSA) is 35.9 Å². The number of nitrogens with zero attached hydrogens (tertiary/aromatic N) is 2. The molecule has 14 heavy (non-hydrogen) atoms. The number of aliphatic hydroxyl groups excluding tert-OH is 1. The van der Waals surface area contributed by atoms with Crippen molar-refractivity contribution in [3.05, 3.63) is 0 Å². The Kier molecular flexibility index (Phi) is 3.75. The molecule has 1 atom stereocenters. The predicted molar refractivity (Wildman–Crippen MR) is 54.3 cm³/mol. The molecule has 2 saturated heterocycles. The summed E-state index contributed by atoms with van der Waals surface area (Å²) in [5.74, 6) is 0. The highest BCUT2D eigenvalue weighted by molar-refractivity contribution is 4.75. The zero-order valence-corrected chi connectivity index (χ0v) is 8.69. The maximum atomic E-state index is 9.36. The molecule has 2 heterocycles. The van der Waals surface area contributed by atoms with Gasteiger partial charge in [-0.3, -0.25) is 9.80 Å². The Morgan fingerprint density at radius 2 is 1.79 bits per heavy atom. The lowest BCUT2D eigenvalue weighted by Gasteiger charge is -2.28. The van der Waals surface area contributed by atoms with Crippen molar-refractivity contribution in [2.75, 3.05) is 52.5 Å².